The van der Waals surface area contributed by atoms with E-state index in [4.69, 9.17) is 0 Å². The van der Waals surface area contributed by atoms with Gasteiger partial charge in [-0.25, -0.2) is 13.3 Å². The second-order valence-electron chi connectivity index (χ2n) is 5.39. The summed E-state index contributed by atoms with van der Waals surface area (Å²) in [4.78, 5) is 0.721. The number of pyridine rings is 1. The topological polar surface area (TPSA) is 43.1 Å². The lowest BCUT2D eigenvalue weighted by atomic mass is 10.2. The Kier molecular flexibility index (Phi) is 4.64. The van der Waals surface area contributed by atoms with Gasteiger partial charge in [0, 0.05) is 16.7 Å². The van der Waals surface area contributed by atoms with E-state index in [0.717, 1.165) is 26.3 Å². The first-order valence-corrected chi connectivity index (χ1v) is 9.38. The highest BCUT2D eigenvalue weighted by Crippen LogP contribution is 2.33. The third kappa shape index (κ3) is 3.32. The van der Waals surface area contributed by atoms with Crippen LogP contribution in [0.2, 0.25) is 0 Å². The smallest absolute Gasteiger partial charge is 0.206 e. The summed E-state index contributed by atoms with van der Waals surface area (Å²) < 4.78 is 41.0. The maximum Gasteiger partial charge on any atom is 0.291 e. The fourth-order valence-electron chi connectivity index (χ4n) is 2.44. The molecule has 26 heavy (non-hydrogen) atoms. The molecule has 0 saturated heterocycles. The van der Waals surface area contributed by atoms with Crippen LogP contribution in [-0.2, 0) is 5.75 Å². The van der Waals surface area contributed by atoms with Gasteiger partial charge < -0.3 is 0 Å². The molecule has 0 N–H and O–H groups in total. The first-order valence-electron chi connectivity index (χ1n) is 7.58. The molecule has 0 aliphatic rings. The summed E-state index contributed by atoms with van der Waals surface area (Å²) in [6.07, 6.45) is -1.27. The SMILES string of the molecule is Fc1cc(SCc2ccccc2)cc2c(-c3nnc(C(F)F)s3)cnn12. The molecular formula is C17H11F3N4S2. The number of fused-ring (bicyclic) bond motifs is 1. The molecule has 0 fully saturated rings. The van der Waals surface area contributed by atoms with Crippen LogP contribution in [0.25, 0.3) is 16.1 Å². The molecular weight excluding hydrogens is 381 g/mol. The zero-order valence-corrected chi connectivity index (χ0v) is 14.8. The van der Waals surface area contributed by atoms with E-state index >= 15 is 0 Å². The summed E-state index contributed by atoms with van der Waals surface area (Å²) in [6.45, 7) is 0. The summed E-state index contributed by atoms with van der Waals surface area (Å²) in [5.41, 5.74) is 2.07. The van der Waals surface area contributed by atoms with E-state index in [1.54, 1.807) is 6.07 Å². The number of benzene rings is 1. The summed E-state index contributed by atoms with van der Waals surface area (Å²) in [5, 5.41) is 11.2. The number of hydrogen-bond donors (Lipinski definition) is 0. The molecule has 0 aliphatic carbocycles. The van der Waals surface area contributed by atoms with Gasteiger partial charge in [-0.3, -0.25) is 0 Å². The lowest BCUT2D eigenvalue weighted by Crippen LogP contribution is -1.95. The van der Waals surface area contributed by atoms with E-state index in [1.807, 2.05) is 30.3 Å². The van der Waals surface area contributed by atoms with Crippen LogP contribution in [0.1, 0.15) is 17.0 Å². The molecule has 132 valence electrons. The van der Waals surface area contributed by atoms with Gasteiger partial charge in [0.25, 0.3) is 6.43 Å². The first kappa shape index (κ1) is 17.0. The van der Waals surface area contributed by atoms with Crippen molar-refractivity contribution in [3.63, 3.8) is 0 Å². The van der Waals surface area contributed by atoms with Gasteiger partial charge in [0.2, 0.25) is 5.95 Å². The Hall–Kier alpha value is -2.39. The van der Waals surface area contributed by atoms with Crippen molar-refractivity contribution in [2.24, 2.45) is 0 Å². The Morgan fingerprint density at radius 1 is 1.12 bits per heavy atom. The van der Waals surface area contributed by atoms with Gasteiger partial charge in [-0.1, -0.05) is 41.7 Å². The molecule has 3 heterocycles. The van der Waals surface area contributed by atoms with E-state index < -0.39 is 12.4 Å². The Morgan fingerprint density at radius 3 is 2.65 bits per heavy atom. The highest BCUT2D eigenvalue weighted by atomic mass is 32.2. The second kappa shape index (κ2) is 7.08. The van der Waals surface area contributed by atoms with Crippen molar-refractivity contribution < 1.29 is 13.2 Å². The van der Waals surface area contributed by atoms with Gasteiger partial charge in [-0.2, -0.15) is 9.49 Å². The summed E-state index contributed by atoms with van der Waals surface area (Å²) in [5.74, 6) is 0.164. The highest BCUT2D eigenvalue weighted by Gasteiger charge is 2.19. The fourth-order valence-corrected chi connectivity index (χ4v) is 4.06. The van der Waals surface area contributed by atoms with Gasteiger partial charge in [0.05, 0.1) is 17.3 Å². The van der Waals surface area contributed by atoms with Crippen LogP contribution in [0.15, 0.2) is 53.6 Å². The predicted octanol–water partition coefficient (Wildman–Crippen LogP) is 5.22. The van der Waals surface area contributed by atoms with Gasteiger partial charge in [-0.15, -0.1) is 22.0 Å². The molecule has 0 atom stereocenters. The molecule has 4 nitrogen and oxygen atoms in total. The maximum absolute atomic E-state index is 14.4. The molecule has 0 spiro atoms. The third-order valence-corrected chi connectivity index (χ3v) is 5.67. The van der Waals surface area contributed by atoms with Crippen LogP contribution in [0.3, 0.4) is 0 Å². The van der Waals surface area contributed by atoms with E-state index in [-0.39, 0.29) is 5.01 Å². The van der Waals surface area contributed by atoms with Crippen LogP contribution < -0.4 is 0 Å². The Balaban J connectivity index is 1.68. The molecule has 4 rings (SSSR count). The number of alkyl halides is 2. The monoisotopic (exact) mass is 392 g/mol. The highest BCUT2D eigenvalue weighted by molar-refractivity contribution is 7.98. The van der Waals surface area contributed by atoms with Crippen molar-refractivity contribution in [1.29, 1.82) is 0 Å². The minimum Gasteiger partial charge on any atom is -0.206 e. The lowest BCUT2D eigenvalue weighted by Gasteiger charge is -2.05. The number of hydrogen-bond acceptors (Lipinski definition) is 5. The van der Waals surface area contributed by atoms with Gasteiger partial charge in [0.1, 0.15) is 0 Å². The van der Waals surface area contributed by atoms with E-state index in [1.165, 1.54) is 24.0 Å². The van der Waals surface area contributed by atoms with E-state index in [9.17, 15) is 13.2 Å². The molecule has 0 bridgehead atoms. The van der Waals surface area contributed by atoms with Crippen LogP contribution in [0.4, 0.5) is 13.2 Å². The number of thioether (sulfide) groups is 1. The van der Waals surface area contributed by atoms with Crippen LogP contribution in [-0.4, -0.2) is 19.8 Å². The van der Waals surface area contributed by atoms with Crippen molar-refractivity contribution in [2.75, 3.05) is 0 Å². The van der Waals surface area contributed by atoms with Gasteiger partial charge >= 0.3 is 0 Å². The number of halogens is 3. The van der Waals surface area contributed by atoms with Crippen LogP contribution in [0, 0.1) is 5.95 Å². The molecule has 1 aromatic carbocycles. The molecule has 4 aromatic rings. The largest absolute Gasteiger partial charge is 0.291 e. The van der Waals surface area contributed by atoms with Crippen LogP contribution >= 0.6 is 23.1 Å². The number of aromatic nitrogens is 4. The third-order valence-electron chi connectivity index (χ3n) is 3.66. The minimum atomic E-state index is -2.68. The van der Waals surface area contributed by atoms with Crippen molar-refractivity contribution >= 4 is 28.6 Å². The number of nitrogens with zero attached hydrogens (tertiary/aromatic N) is 4. The van der Waals surface area contributed by atoms with Gasteiger partial charge in [0.15, 0.2) is 10.0 Å². The first-order chi connectivity index (χ1) is 12.6. The molecule has 0 radical (unpaired) electrons. The molecule has 0 saturated carbocycles. The van der Waals surface area contributed by atoms with E-state index in [2.05, 4.69) is 15.3 Å². The molecule has 3 aromatic heterocycles. The summed E-state index contributed by atoms with van der Waals surface area (Å²) in [7, 11) is 0. The summed E-state index contributed by atoms with van der Waals surface area (Å²) >= 11 is 2.27. The number of rotatable bonds is 5. The Morgan fingerprint density at radius 2 is 1.92 bits per heavy atom. The van der Waals surface area contributed by atoms with Crippen molar-refractivity contribution in [3.8, 4) is 10.6 Å². The molecule has 9 heteroatoms. The quantitative estimate of drug-likeness (QED) is 0.345. The fraction of sp³-hybridized carbons (Fsp3) is 0.118. The summed E-state index contributed by atoms with van der Waals surface area (Å²) in [6, 6.07) is 13.0. The lowest BCUT2D eigenvalue weighted by molar-refractivity contribution is 0.150. The average Bonchev–Trinajstić information content (AvgIpc) is 3.28. The van der Waals surface area contributed by atoms with E-state index in [0.29, 0.717) is 21.8 Å². The van der Waals surface area contributed by atoms with Crippen molar-refractivity contribution in [3.05, 3.63) is 65.2 Å². The standard InChI is InChI=1S/C17H11F3N4S2/c18-14-7-11(25-9-10-4-2-1-3-5-10)6-13-12(8-21-24(13)14)16-22-23-17(26-16)15(19)20/h1-8,15H,9H2. The van der Waals surface area contributed by atoms with Crippen molar-refractivity contribution in [2.45, 2.75) is 17.1 Å². The molecule has 0 aliphatic heterocycles. The van der Waals surface area contributed by atoms with Crippen LogP contribution in [0.5, 0.6) is 0 Å². The van der Waals surface area contributed by atoms with Crippen molar-refractivity contribution in [1.82, 2.24) is 19.8 Å². The average molecular weight is 392 g/mol. The molecule has 0 amide bonds. The van der Waals surface area contributed by atoms with Gasteiger partial charge in [-0.05, 0) is 11.6 Å². The second-order valence-corrected chi connectivity index (χ2v) is 7.45. The Labute approximate surface area is 154 Å². The zero-order valence-electron chi connectivity index (χ0n) is 13.1. The molecule has 0 unspecified atom stereocenters. The predicted molar refractivity (Wildman–Crippen MR) is 95.0 cm³/mol. The normalized spacial score (nSPS) is 11.5. The Bertz CT molecular complexity index is 1050. The zero-order chi connectivity index (χ0) is 18.1. The maximum atomic E-state index is 14.4. The minimum absolute atomic E-state index is 0.292.